The standard InChI is InChI=1S/C7H11NO2/c1-4-5-8(3)7(10)6(2)9/h1,6,9H,5H2,2-3H3/t6-/m0/s1. The molecule has 1 N–H and O–H groups in total. The van der Waals surface area contributed by atoms with Gasteiger partial charge < -0.3 is 10.0 Å². The third-order valence-electron chi connectivity index (χ3n) is 1.06. The molecule has 0 heterocycles. The highest BCUT2D eigenvalue weighted by molar-refractivity contribution is 5.80. The molecule has 0 aromatic rings. The van der Waals surface area contributed by atoms with Crippen LogP contribution in [0.15, 0.2) is 0 Å². The first-order chi connectivity index (χ1) is 4.59. The Morgan fingerprint density at radius 2 is 2.40 bits per heavy atom. The Balaban J connectivity index is 3.85. The second kappa shape index (κ2) is 3.91. The number of hydrogen-bond acceptors (Lipinski definition) is 2. The fourth-order valence-corrected chi connectivity index (χ4v) is 0.534. The van der Waals surface area contributed by atoms with E-state index in [0.29, 0.717) is 0 Å². The topological polar surface area (TPSA) is 40.5 Å². The number of aliphatic hydroxyl groups excluding tert-OH is 1. The SMILES string of the molecule is C#CCN(C)C(=O)[C@H](C)O. The minimum atomic E-state index is -0.960. The van der Waals surface area contributed by atoms with Crippen molar-refractivity contribution in [2.45, 2.75) is 13.0 Å². The van der Waals surface area contributed by atoms with Gasteiger partial charge in [-0.15, -0.1) is 6.42 Å². The van der Waals surface area contributed by atoms with Crippen LogP contribution in [0.4, 0.5) is 0 Å². The molecule has 0 aromatic heterocycles. The zero-order chi connectivity index (χ0) is 8.15. The van der Waals surface area contributed by atoms with Gasteiger partial charge in [-0.3, -0.25) is 4.79 Å². The van der Waals surface area contributed by atoms with Crippen LogP contribution in [0.3, 0.4) is 0 Å². The van der Waals surface area contributed by atoms with Gasteiger partial charge in [0.15, 0.2) is 0 Å². The number of terminal acetylenes is 1. The highest BCUT2D eigenvalue weighted by atomic mass is 16.3. The van der Waals surface area contributed by atoms with E-state index in [-0.39, 0.29) is 12.5 Å². The zero-order valence-corrected chi connectivity index (χ0v) is 6.16. The summed E-state index contributed by atoms with van der Waals surface area (Å²) in [6, 6.07) is 0. The van der Waals surface area contributed by atoms with E-state index in [2.05, 4.69) is 5.92 Å². The molecule has 0 fully saturated rings. The van der Waals surface area contributed by atoms with Crippen LogP contribution in [0.25, 0.3) is 0 Å². The summed E-state index contributed by atoms with van der Waals surface area (Å²) < 4.78 is 0. The van der Waals surface area contributed by atoms with E-state index in [1.807, 2.05) is 0 Å². The molecule has 1 atom stereocenters. The Morgan fingerprint density at radius 1 is 1.90 bits per heavy atom. The maximum Gasteiger partial charge on any atom is 0.251 e. The summed E-state index contributed by atoms with van der Waals surface area (Å²) in [5, 5.41) is 8.76. The van der Waals surface area contributed by atoms with Crippen molar-refractivity contribution in [1.82, 2.24) is 4.90 Å². The summed E-state index contributed by atoms with van der Waals surface area (Å²) in [5.41, 5.74) is 0. The summed E-state index contributed by atoms with van der Waals surface area (Å²) >= 11 is 0. The minimum Gasteiger partial charge on any atom is -0.384 e. The Kier molecular flexibility index (Phi) is 3.52. The van der Waals surface area contributed by atoms with Gasteiger partial charge in [-0.1, -0.05) is 5.92 Å². The van der Waals surface area contributed by atoms with E-state index in [9.17, 15) is 4.79 Å². The lowest BCUT2D eigenvalue weighted by atomic mass is 10.3. The van der Waals surface area contributed by atoms with Crippen molar-refractivity contribution in [3.63, 3.8) is 0 Å². The van der Waals surface area contributed by atoms with Gasteiger partial charge in [-0.05, 0) is 6.92 Å². The molecule has 3 heteroatoms. The molecular weight excluding hydrogens is 130 g/mol. The quantitative estimate of drug-likeness (QED) is 0.525. The van der Waals surface area contributed by atoms with Crippen molar-refractivity contribution >= 4 is 5.91 Å². The molecule has 0 spiro atoms. The number of hydrogen-bond donors (Lipinski definition) is 1. The first-order valence-electron chi connectivity index (χ1n) is 2.96. The van der Waals surface area contributed by atoms with Crippen LogP contribution in [0.1, 0.15) is 6.92 Å². The predicted octanol–water partition coefficient (Wildman–Crippen LogP) is -0.541. The van der Waals surface area contributed by atoms with E-state index in [4.69, 9.17) is 11.5 Å². The van der Waals surface area contributed by atoms with Crippen molar-refractivity contribution in [2.75, 3.05) is 13.6 Å². The van der Waals surface area contributed by atoms with Crippen molar-refractivity contribution in [3.8, 4) is 12.3 Å². The number of aliphatic hydroxyl groups is 1. The van der Waals surface area contributed by atoms with Crippen LogP contribution in [0.2, 0.25) is 0 Å². The van der Waals surface area contributed by atoms with Crippen LogP contribution < -0.4 is 0 Å². The van der Waals surface area contributed by atoms with Crippen molar-refractivity contribution < 1.29 is 9.90 Å². The molecule has 0 rings (SSSR count). The molecule has 0 unspecified atom stereocenters. The van der Waals surface area contributed by atoms with Crippen LogP contribution in [0, 0.1) is 12.3 Å². The lowest BCUT2D eigenvalue weighted by molar-refractivity contribution is -0.137. The third kappa shape index (κ3) is 2.51. The second-order valence-electron chi connectivity index (χ2n) is 2.07. The highest BCUT2D eigenvalue weighted by Gasteiger charge is 2.12. The van der Waals surface area contributed by atoms with Gasteiger partial charge in [0.1, 0.15) is 6.10 Å². The Hall–Kier alpha value is -1.01. The fraction of sp³-hybridized carbons (Fsp3) is 0.571. The summed E-state index contributed by atoms with van der Waals surface area (Å²) in [4.78, 5) is 12.1. The molecule has 0 saturated heterocycles. The molecule has 0 aliphatic carbocycles. The Labute approximate surface area is 60.6 Å². The van der Waals surface area contributed by atoms with E-state index < -0.39 is 6.10 Å². The number of nitrogens with zero attached hydrogens (tertiary/aromatic N) is 1. The Bertz CT molecular complexity index is 157. The van der Waals surface area contributed by atoms with Crippen molar-refractivity contribution in [3.05, 3.63) is 0 Å². The van der Waals surface area contributed by atoms with Crippen LogP contribution in [0.5, 0.6) is 0 Å². The molecule has 0 aliphatic heterocycles. The van der Waals surface area contributed by atoms with Gasteiger partial charge in [0.2, 0.25) is 0 Å². The molecule has 3 nitrogen and oxygen atoms in total. The first-order valence-corrected chi connectivity index (χ1v) is 2.96. The number of likely N-dealkylation sites (N-methyl/N-ethyl adjacent to an activating group) is 1. The van der Waals surface area contributed by atoms with Gasteiger partial charge in [-0.25, -0.2) is 0 Å². The Morgan fingerprint density at radius 3 is 2.70 bits per heavy atom. The monoisotopic (exact) mass is 141 g/mol. The predicted molar refractivity (Wildman–Crippen MR) is 38.2 cm³/mol. The minimum absolute atomic E-state index is 0.240. The second-order valence-corrected chi connectivity index (χ2v) is 2.07. The van der Waals surface area contributed by atoms with Crippen LogP contribution in [-0.4, -0.2) is 35.6 Å². The summed E-state index contributed by atoms with van der Waals surface area (Å²) in [6.07, 6.45) is 3.98. The largest absolute Gasteiger partial charge is 0.384 e. The number of rotatable bonds is 2. The van der Waals surface area contributed by atoms with Gasteiger partial charge >= 0.3 is 0 Å². The molecule has 1 amide bonds. The molecule has 0 aromatic carbocycles. The molecule has 56 valence electrons. The maximum atomic E-state index is 10.8. The van der Waals surface area contributed by atoms with E-state index in [1.54, 1.807) is 7.05 Å². The van der Waals surface area contributed by atoms with Gasteiger partial charge in [0.05, 0.1) is 6.54 Å². The van der Waals surface area contributed by atoms with E-state index >= 15 is 0 Å². The molecular formula is C7H11NO2. The van der Waals surface area contributed by atoms with E-state index in [1.165, 1.54) is 11.8 Å². The summed E-state index contributed by atoms with van der Waals surface area (Å²) in [7, 11) is 1.55. The smallest absolute Gasteiger partial charge is 0.251 e. The van der Waals surface area contributed by atoms with E-state index in [0.717, 1.165) is 0 Å². The van der Waals surface area contributed by atoms with Crippen LogP contribution >= 0.6 is 0 Å². The summed E-state index contributed by atoms with van der Waals surface area (Å²) in [5.74, 6) is 1.95. The molecule has 0 radical (unpaired) electrons. The zero-order valence-electron chi connectivity index (χ0n) is 6.16. The number of carbonyl (C=O) groups is 1. The lowest BCUT2D eigenvalue weighted by Gasteiger charge is -2.14. The average molecular weight is 141 g/mol. The molecule has 0 aliphatic rings. The average Bonchev–Trinajstić information content (AvgIpc) is 1.87. The summed E-state index contributed by atoms with van der Waals surface area (Å²) in [6.45, 7) is 1.65. The number of amides is 1. The maximum absolute atomic E-state index is 10.8. The van der Waals surface area contributed by atoms with Crippen molar-refractivity contribution in [1.29, 1.82) is 0 Å². The molecule has 10 heavy (non-hydrogen) atoms. The normalized spacial score (nSPS) is 11.8. The van der Waals surface area contributed by atoms with Gasteiger partial charge in [0, 0.05) is 7.05 Å². The van der Waals surface area contributed by atoms with Crippen molar-refractivity contribution in [2.24, 2.45) is 0 Å². The molecule has 0 saturated carbocycles. The lowest BCUT2D eigenvalue weighted by Crippen LogP contribution is -2.34. The highest BCUT2D eigenvalue weighted by Crippen LogP contribution is 1.88. The first kappa shape index (κ1) is 8.99. The fourth-order valence-electron chi connectivity index (χ4n) is 0.534. The number of carbonyl (C=O) groups excluding carboxylic acids is 1. The molecule has 0 bridgehead atoms. The van der Waals surface area contributed by atoms with Crippen LogP contribution in [-0.2, 0) is 4.79 Å². The van der Waals surface area contributed by atoms with Gasteiger partial charge in [-0.2, -0.15) is 0 Å². The third-order valence-corrected chi connectivity index (χ3v) is 1.06. The van der Waals surface area contributed by atoms with Gasteiger partial charge in [0.25, 0.3) is 5.91 Å².